The van der Waals surface area contributed by atoms with Gasteiger partial charge in [0.05, 0.1) is 31.9 Å². The van der Waals surface area contributed by atoms with E-state index < -0.39 is 17.7 Å². The van der Waals surface area contributed by atoms with Gasteiger partial charge in [-0.2, -0.15) is 0 Å². The highest BCUT2D eigenvalue weighted by molar-refractivity contribution is 6.46. The van der Waals surface area contributed by atoms with E-state index in [0.29, 0.717) is 29.2 Å². The quantitative estimate of drug-likeness (QED) is 0.396. The second kappa shape index (κ2) is 9.66. The van der Waals surface area contributed by atoms with Crippen LogP contribution in [-0.2, 0) is 14.3 Å². The number of carbonyl (C=O) groups excluding carboxylic acids is 2. The summed E-state index contributed by atoms with van der Waals surface area (Å²) < 4.78 is 16.2. The molecule has 1 atom stereocenters. The molecule has 7 nitrogen and oxygen atoms in total. The lowest BCUT2D eigenvalue weighted by molar-refractivity contribution is -0.140. The van der Waals surface area contributed by atoms with Crippen LogP contribution in [0.25, 0.3) is 5.76 Å². The lowest BCUT2D eigenvalue weighted by Crippen LogP contribution is -2.32. The van der Waals surface area contributed by atoms with Gasteiger partial charge in [0.2, 0.25) is 0 Å². The predicted molar refractivity (Wildman–Crippen MR) is 116 cm³/mol. The number of Topliss-reactive ketones (excluding diaryl/α,β-unsaturated/α-hetero) is 1. The number of methoxy groups -OCH3 is 2. The van der Waals surface area contributed by atoms with Crippen LogP contribution in [0.5, 0.6) is 11.5 Å². The first-order valence-corrected chi connectivity index (χ1v) is 10.1. The van der Waals surface area contributed by atoms with Crippen molar-refractivity contribution >= 4 is 17.4 Å². The summed E-state index contributed by atoms with van der Waals surface area (Å²) in [6, 6.07) is 11.6. The smallest absolute Gasteiger partial charge is 0.295 e. The predicted octanol–water partition coefficient (Wildman–Crippen LogP) is 3.47. The number of hydrogen-bond acceptors (Lipinski definition) is 6. The molecule has 1 aliphatic rings. The number of aliphatic hydroxyl groups is 1. The molecule has 0 bridgehead atoms. The highest BCUT2D eigenvalue weighted by atomic mass is 16.5. The Hall–Kier alpha value is -3.32. The number of amides is 1. The molecule has 31 heavy (non-hydrogen) atoms. The molecule has 1 heterocycles. The number of ketones is 1. The van der Waals surface area contributed by atoms with E-state index in [4.69, 9.17) is 14.2 Å². The largest absolute Gasteiger partial charge is 0.507 e. The summed E-state index contributed by atoms with van der Waals surface area (Å²) in [5.41, 5.74) is 2.16. The minimum atomic E-state index is -0.777. The second-order valence-electron chi connectivity index (χ2n) is 7.19. The summed E-state index contributed by atoms with van der Waals surface area (Å²) in [5.74, 6) is -0.583. The molecule has 2 aromatic carbocycles. The monoisotopic (exact) mass is 425 g/mol. The van der Waals surface area contributed by atoms with E-state index >= 15 is 0 Å². The molecule has 0 aromatic heterocycles. The Balaban J connectivity index is 2.17. The van der Waals surface area contributed by atoms with Gasteiger partial charge in [-0.1, -0.05) is 35.9 Å². The maximum Gasteiger partial charge on any atom is 0.295 e. The van der Waals surface area contributed by atoms with Crippen LogP contribution in [0.1, 0.15) is 29.7 Å². The van der Waals surface area contributed by atoms with Crippen LogP contribution in [0, 0.1) is 6.92 Å². The number of ether oxygens (including phenoxy) is 3. The van der Waals surface area contributed by atoms with Gasteiger partial charge in [-0.25, -0.2) is 0 Å². The normalized spacial score (nSPS) is 17.8. The van der Waals surface area contributed by atoms with Gasteiger partial charge in [0.15, 0.2) is 11.5 Å². The number of aliphatic hydroxyl groups excluding tert-OH is 1. The van der Waals surface area contributed by atoms with Crippen LogP contribution >= 0.6 is 0 Å². The molecule has 3 rings (SSSR count). The highest BCUT2D eigenvalue weighted by Crippen LogP contribution is 2.41. The van der Waals surface area contributed by atoms with Crippen LogP contribution in [-0.4, -0.2) is 55.7 Å². The number of carbonyl (C=O) groups is 2. The van der Waals surface area contributed by atoms with E-state index in [0.717, 1.165) is 5.56 Å². The summed E-state index contributed by atoms with van der Waals surface area (Å²) >= 11 is 0. The Bertz CT molecular complexity index is 996. The molecule has 1 amide bonds. The van der Waals surface area contributed by atoms with Crippen molar-refractivity contribution in [2.75, 3.05) is 34.0 Å². The molecule has 164 valence electrons. The third-order valence-electron chi connectivity index (χ3n) is 5.20. The van der Waals surface area contributed by atoms with Crippen molar-refractivity contribution in [3.05, 3.63) is 64.7 Å². The Labute approximate surface area is 181 Å². The lowest BCUT2D eigenvalue weighted by Gasteiger charge is -2.25. The van der Waals surface area contributed by atoms with Crippen LogP contribution in [0.15, 0.2) is 48.0 Å². The number of hydrogen-bond donors (Lipinski definition) is 1. The molecular formula is C24H27NO6. The van der Waals surface area contributed by atoms with Crippen molar-refractivity contribution in [2.45, 2.75) is 19.9 Å². The zero-order valence-electron chi connectivity index (χ0n) is 18.2. The van der Waals surface area contributed by atoms with Gasteiger partial charge in [0, 0.05) is 19.2 Å². The summed E-state index contributed by atoms with van der Waals surface area (Å²) in [7, 11) is 3.05. The number of likely N-dealkylation sites (tertiary alicyclic amines) is 1. The third-order valence-corrected chi connectivity index (χ3v) is 5.20. The Morgan fingerprint density at radius 2 is 1.77 bits per heavy atom. The van der Waals surface area contributed by atoms with Crippen LogP contribution in [0.4, 0.5) is 0 Å². The molecule has 1 saturated heterocycles. The SMILES string of the molecule is CCOc1ccc(C2/C(=C(\O)c3ccc(C)cc3)C(=O)C(=O)N2CCOC)cc1OC. The first-order chi connectivity index (χ1) is 14.9. The van der Waals surface area contributed by atoms with Crippen molar-refractivity contribution in [3.8, 4) is 11.5 Å². The molecule has 7 heteroatoms. The Kier molecular flexibility index (Phi) is 6.97. The fraction of sp³-hybridized carbons (Fsp3) is 0.333. The lowest BCUT2D eigenvalue weighted by atomic mass is 9.94. The summed E-state index contributed by atoms with van der Waals surface area (Å²) in [4.78, 5) is 27.2. The summed E-state index contributed by atoms with van der Waals surface area (Å²) in [6.07, 6.45) is 0. The highest BCUT2D eigenvalue weighted by Gasteiger charge is 2.46. The number of rotatable bonds is 8. The fourth-order valence-electron chi connectivity index (χ4n) is 3.64. The van der Waals surface area contributed by atoms with Crippen molar-refractivity contribution in [1.29, 1.82) is 0 Å². The van der Waals surface area contributed by atoms with E-state index in [1.807, 2.05) is 26.0 Å². The topological polar surface area (TPSA) is 85.3 Å². The average Bonchev–Trinajstić information content (AvgIpc) is 3.03. The van der Waals surface area contributed by atoms with Gasteiger partial charge in [0.1, 0.15) is 5.76 Å². The van der Waals surface area contributed by atoms with Crippen molar-refractivity contribution in [2.24, 2.45) is 0 Å². The van der Waals surface area contributed by atoms with Gasteiger partial charge < -0.3 is 24.2 Å². The molecule has 0 spiro atoms. The minimum Gasteiger partial charge on any atom is -0.507 e. The van der Waals surface area contributed by atoms with E-state index in [9.17, 15) is 14.7 Å². The summed E-state index contributed by atoms with van der Waals surface area (Å²) in [6.45, 7) is 4.72. The van der Waals surface area contributed by atoms with Crippen LogP contribution in [0.3, 0.4) is 0 Å². The van der Waals surface area contributed by atoms with Gasteiger partial charge in [-0.15, -0.1) is 0 Å². The van der Waals surface area contributed by atoms with Gasteiger partial charge >= 0.3 is 0 Å². The Morgan fingerprint density at radius 1 is 1.06 bits per heavy atom. The zero-order valence-corrected chi connectivity index (χ0v) is 18.2. The molecule has 1 N–H and O–H groups in total. The molecule has 1 aliphatic heterocycles. The maximum absolute atomic E-state index is 13.0. The third kappa shape index (κ3) is 4.41. The van der Waals surface area contributed by atoms with E-state index in [1.165, 1.54) is 19.1 Å². The second-order valence-corrected chi connectivity index (χ2v) is 7.19. The Morgan fingerprint density at radius 3 is 2.39 bits per heavy atom. The first-order valence-electron chi connectivity index (χ1n) is 10.1. The van der Waals surface area contributed by atoms with E-state index in [-0.39, 0.29) is 24.5 Å². The molecule has 0 saturated carbocycles. The standard InChI is InChI=1S/C24H27NO6/c1-5-31-18-11-10-17(14-19(18)30-4)21-20(22(26)16-8-6-15(2)7-9-16)23(27)24(28)25(21)12-13-29-3/h6-11,14,21,26H,5,12-13H2,1-4H3/b22-20+. The number of benzene rings is 2. The average molecular weight is 425 g/mol. The first kappa shape index (κ1) is 22.4. The van der Waals surface area contributed by atoms with Crippen molar-refractivity contribution in [3.63, 3.8) is 0 Å². The van der Waals surface area contributed by atoms with Crippen LogP contribution in [0.2, 0.25) is 0 Å². The minimum absolute atomic E-state index is 0.0381. The molecular weight excluding hydrogens is 398 g/mol. The number of nitrogens with zero attached hydrogens (tertiary/aromatic N) is 1. The number of aryl methyl sites for hydroxylation is 1. The van der Waals surface area contributed by atoms with E-state index in [1.54, 1.807) is 30.3 Å². The van der Waals surface area contributed by atoms with Gasteiger partial charge in [-0.05, 0) is 31.5 Å². The molecule has 0 aliphatic carbocycles. The molecule has 2 aromatic rings. The molecule has 0 radical (unpaired) electrons. The molecule has 1 unspecified atom stereocenters. The molecule has 1 fully saturated rings. The van der Waals surface area contributed by atoms with E-state index in [2.05, 4.69) is 0 Å². The summed E-state index contributed by atoms with van der Waals surface area (Å²) in [5, 5.41) is 11.0. The van der Waals surface area contributed by atoms with Crippen LogP contribution < -0.4 is 9.47 Å². The van der Waals surface area contributed by atoms with Gasteiger partial charge in [-0.3, -0.25) is 9.59 Å². The van der Waals surface area contributed by atoms with Crippen molar-refractivity contribution in [1.82, 2.24) is 4.90 Å². The fourth-order valence-corrected chi connectivity index (χ4v) is 3.64. The van der Waals surface area contributed by atoms with Gasteiger partial charge in [0.25, 0.3) is 11.7 Å². The van der Waals surface area contributed by atoms with Crippen molar-refractivity contribution < 1.29 is 28.9 Å². The maximum atomic E-state index is 13.0. The zero-order chi connectivity index (χ0) is 22.5.